The third-order valence-corrected chi connectivity index (χ3v) is 4.12. The number of nitro groups is 1. The van der Waals surface area contributed by atoms with E-state index in [2.05, 4.69) is 9.38 Å². The van der Waals surface area contributed by atoms with Crippen molar-refractivity contribution in [3.05, 3.63) is 22.5 Å². The third-order valence-electron chi connectivity index (χ3n) is 2.86. The zero-order valence-corrected chi connectivity index (χ0v) is 10.4. The maximum Gasteiger partial charge on any atom is 0.328 e. The second kappa shape index (κ2) is 4.92. The van der Waals surface area contributed by atoms with Gasteiger partial charge in [-0.3, -0.25) is 14.4 Å². The Hall–Kier alpha value is -1.64. The number of rotatable bonds is 5. The standard InChI is InChI=1S/C9H13N3O5S/c13-12(14)9-5-10-11(6-9)17-18(15,16)7-8-3-1-2-4-8/h5-6,8H,1-4,7H2. The van der Waals surface area contributed by atoms with Crippen LogP contribution in [0, 0.1) is 16.0 Å². The largest absolute Gasteiger partial charge is 0.328 e. The molecule has 0 amide bonds. The van der Waals surface area contributed by atoms with E-state index >= 15 is 0 Å². The molecule has 1 aromatic heterocycles. The molecule has 0 radical (unpaired) electrons. The molecule has 18 heavy (non-hydrogen) atoms. The molecule has 0 aromatic carbocycles. The van der Waals surface area contributed by atoms with Crippen molar-refractivity contribution in [2.75, 3.05) is 5.75 Å². The summed E-state index contributed by atoms with van der Waals surface area (Å²) in [6, 6.07) is 0. The fraction of sp³-hybridized carbons (Fsp3) is 0.667. The fourth-order valence-corrected chi connectivity index (χ4v) is 3.33. The minimum absolute atomic E-state index is 0.0688. The Kier molecular flexibility index (Phi) is 3.50. The monoisotopic (exact) mass is 275 g/mol. The zero-order valence-electron chi connectivity index (χ0n) is 9.56. The van der Waals surface area contributed by atoms with Crippen molar-refractivity contribution in [3.8, 4) is 0 Å². The van der Waals surface area contributed by atoms with Gasteiger partial charge < -0.3 is 0 Å². The van der Waals surface area contributed by atoms with E-state index in [0.717, 1.165) is 38.1 Å². The summed E-state index contributed by atoms with van der Waals surface area (Å²) in [4.78, 5) is 10.3. The van der Waals surface area contributed by atoms with Crippen LogP contribution in [0.5, 0.6) is 0 Å². The van der Waals surface area contributed by atoms with Gasteiger partial charge >= 0.3 is 15.8 Å². The number of aromatic nitrogens is 2. The molecular formula is C9H13N3O5S. The molecule has 1 aliphatic rings. The third kappa shape index (κ3) is 3.19. The maximum absolute atomic E-state index is 11.7. The van der Waals surface area contributed by atoms with Crippen LogP contribution in [0.3, 0.4) is 0 Å². The summed E-state index contributed by atoms with van der Waals surface area (Å²) in [6.07, 6.45) is 5.68. The van der Waals surface area contributed by atoms with E-state index in [1.165, 1.54) is 0 Å². The van der Waals surface area contributed by atoms with Gasteiger partial charge in [-0.1, -0.05) is 17.7 Å². The first-order valence-electron chi connectivity index (χ1n) is 5.58. The van der Waals surface area contributed by atoms with E-state index in [4.69, 9.17) is 0 Å². The van der Waals surface area contributed by atoms with Crippen LogP contribution in [0.2, 0.25) is 0 Å². The highest BCUT2D eigenvalue weighted by Crippen LogP contribution is 2.25. The highest BCUT2D eigenvalue weighted by molar-refractivity contribution is 7.86. The average molecular weight is 275 g/mol. The van der Waals surface area contributed by atoms with Gasteiger partial charge in [-0.25, -0.2) is 0 Å². The van der Waals surface area contributed by atoms with E-state index in [0.29, 0.717) is 4.85 Å². The summed E-state index contributed by atoms with van der Waals surface area (Å²) in [5, 5.41) is 13.9. The van der Waals surface area contributed by atoms with E-state index in [-0.39, 0.29) is 17.4 Å². The Bertz CT molecular complexity index is 532. The number of hydrogen-bond acceptors (Lipinski definition) is 6. The molecule has 1 aliphatic carbocycles. The van der Waals surface area contributed by atoms with Gasteiger partial charge in [-0.15, -0.1) is 5.10 Å². The Balaban J connectivity index is 2.00. The maximum atomic E-state index is 11.7. The predicted molar refractivity (Wildman–Crippen MR) is 61.2 cm³/mol. The first-order chi connectivity index (χ1) is 8.46. The minimum Gasteiger partial charge on any atom is -0.269 e. The smallest absolute Gasteiger partial charge is 0.269 e. The van der Waals surface area contributed by atoms with Crippen LogP contribution < -0.4 is 4.28 Å². The molecule has 0 atom stereocenters. The lowest BCUT2D eigenvalue weighted by Gasteiger charge is -2.09. The van der Waals surface area contributed by atoms with Crippen molar-refractivity contribution < 1.29 is 17.6 Å². The summed E-state index contributed by atoms with van der Waals surface area (Å²) >= 11 is 0. The molecule has 0 bridgehead atoms. The highest BCUT2D eigenvalue weighted by atomic mass is 32.2. The predicted octanol–water partition coefficient (Wildman–Crippen LogP) is 0.740. The van der Waals surface area contributed by atoms with Crippen molar-refractivity contribution in [3.63, 3.8) is 0 Å². The first-order valence-corrected chi connectivity index (χ1v) is 7.16. The molecular weight excluding hydrogens is 262 g/mol. The van der Waals surface area contributed by atoms with Crippen LogP contribution in [0.4, 0.5) is 5.69 Å². The fourth-order valence-electron chi connectivity index (χ4n) is 2.04. The second-order valence-corrected chi connectivity index (χ2v) is 5.91. The molecule has 2 rings (SSSR count). The lowest BCUT2D eigenvalue weighted by Crippen LogP contribution is -2.26. The normalized spacial score (nSPS) is 16.9. The highest BCUT2D eigenvalue weighted by Gasteiger charge is 2.25. The van der Waals surface area contributed by atoms with E-state index < -0.39 is 15.0 Å². The Morgan fingerprint density at radius 2 is 2.17 bits per heavy atom. The van der Waals surface area contributed by atoms with Gasteiger partial charge in [0, 0.05) is 0 Å². The summed E-state index contributed by atoms with van der Waals surface area (Å²) < 4.78 is 28.0. The van der Waals surface area contributed by atoms with E-state index in [9.17, 15) is 18.5 Å². The van der Waals surface area contributed by atoms with E-state index in [1.807, 2.05) is 0 Å². The molecule has 0 unspecified atom stereocenters. The quantitative estimate of drug-likeness (QED) is 0.579. The molecule has 8 nitrogen and oxygen atoms in total. The minimum atomic E-state index is -3.75. The van der Waals surface area contributed by atoms with Crippen LogP contribution >= 0.6 is 0 Å². The van der Waals surface area contributed by atoms with Gasteiger partial charge in [0.15, 0.2) is 0 Å². The van der Waals surface area contributed by atoms with Crippen molar-refractivity contribution in [2.24, 2.45) is 5.92 Å². The van der Waals surface area contributed by atoms with Crippen molar-refractivity contribution >= 4 is 15.8 Å². The first kappa shape index (κ1) is 12.8. The Morgan fingerprint density at radius 3 is 2.72 bits per heavy atom. The lowest BCUT2D eigenvalue weighted by molar-refractivity contribution is -0.385. The Labute approximate surface area is 104 Å². The van der Waals surface area contributed by atoms with Crippen LogP contribution in [-0.4, -0.2) is 29.0 Å². The number of nitrogens with zero attached hydrogens (tertiary/aromatic N) is 3. The summed E-state index contributed by atoms with van der Waals surface area (Å²) in [5.41, 5.74) is -0.314. The van der Waals surface area contributed by atoms with Gasteiger partial charge in [0.25, 0.3) is 0 Å². The van der Waals surface area contributed by atoms with Gasteiger partial charge in [0.05, 0.1) is 10.7 Å². The van der Waals surface area contributed by atoms with Crippen LogP contribution in [0.25, 0.3) is 0 Å². The topological polar surface area (TPSA) is 104 Å². The molecule has 0 aliphatic heterocycles. The van der Waals surface area contributed by atoms with Gasteiger partial charge in [0.1, 0.15) is 12.4 Å². The second-order valence-electron chi connectivity index (χ2n) is 4.31. The van der Waals surface area contributed by atoms with Gasteiger partial charge in [-0.05, 0) is 18.8 Å². The van der Waals surface area contributed by atoms with Crippen molar-refractivity contribution in [1.29, 1.82) is 0 Å². The molecule has 100 valence electrons. The molecule has 0 N–H and O–H groups in total. The van der Waals surface area contributed by atoms with Crippen molar-refractivity contribution in [2.45, 2.75) is 25.7 Å². The van der Waals surface area contributed by atoms with Gasteiger partial charge in [-0.2, -0.15) is 8.42 Å². The molecule has 1 fully saturated rings. The lowest BCUT2D eigenvalue weighted by atomic mass is 10.1. The molecule has 1 heterocycles. The molecule has 1 aromatic rings. The Morgan fingerprint density at radius 1 is 1.50 bits per heavy atom. The molecule has 0 saturated heterocycles. The summed E-state index contributed by atoms with van der Waals surface area (Å²) in [7, 11) is -3.75. The summed E-state index contributed by atoms with van der Waals surface area (Å²) in [5.74, 6) is 0.0428. The number of hydrogen-bond donors (Lipinski definition) is 0. The SMILES string of the molecule is O=[N+]([O-])c1cnn(OS(=O)(=O)CC2CCCC2)c1. The van der Waals surface area contributed by atoms with Crippen LogP contribution in [0.15, 0.2) is 12.4 Å². The van der Waals surface area contributed by atoms with E-state index in [1.54, 1.807) is 0 Å². The molecule has 9 heteroatoms. The van der Waals surface area contributed by atoms with Crippen molar-refractivity contribution in [1.82, 2.24) is 9.94 Å². The summed E-state index contributed by atoms with van der Waals surface area (Å²) in [6.45, 7) is 0. The molecule has 1 saturated carbocycles. The zero-order chi connectivity index (χ0) is 13.2. The molecule has 0 spiro atoms. The average Bonchev–Trinajstić information content (AvgIpc) is 2.87. The van der Waals surface area contributed by atoms with Gasteiger partial charge in [0.2, 0.25) is 0 Å². The van der Waals surface area contributed by atoms with Crippen LogP contribution in [-0.2, 0) is 10.1 Å². The van der Waals surface area contributed by atoms with Crippen LogP contribution in [0.1, 0.15) is 25.7 Å².